The topological polar surface area (TPSA) is 50.5 Å². The monoisotopic (exact) mass is 524 g/mol. The third-order valence-corrected chi connectivity index (χ3v) is 8.50. The van der Waals surface area contributed by atoms with Gasteiger partial charge in [0.05, 0.1) is 17.4 Å². The first kappa shape index (κ1) is 21.0. The first-order chi connectivity index (χ1) is 15.8. The molecule has 0 bridgehead atoms. The number of hydrogen-bond donors (Lipinski definition) is 0. The minimum absolute atomic E-state index is 0.0165. The highest BCUT2D eigenvalue weighted by Crippen LogP contribution is 2.48. The first-order valence-electron chi connectivity index (χ1n) is 11.1. The lowest BCUT2D eigenvalue weighted by Crippen LogP contribution is -2.38. The highest BCUT2D eigenvalue weighted by Gasteiger charge is 2.42. The number of benzene rings is 1. The number of rotatable bonds is 3. The van der Waals surface area contributed by atoms with Gasteiger partial charge < -0.3 is 4.90 Å². The van der Waals surface area contributed by atoms with Gasteiger partial charge in [-0.25, -0.2) is 13.9 Å². The van der Waals surface area contributed by atoms with E-state index >= 15 is 0 Å². The standard InChI is InChI=1S/C25H22BrFN4OS/c1-14-16-6-10-33-21(16)5-9-30(14)24(32)20-12-22(25(2)7-8-25)31-23(28-20)13-19(29-31)17-4-3-15(26)11-18(17)27/h3-4,6,10-14H,5,7-9H2,1-2H3/t14-/m1/s1. The lowest BCUT2D eigenvalue weighted by molar-refractivity contribution is 0.0673. The van der Waals surface area contributed by atoms with Crippen LogP contribution in [0.5, 0.6) is 0 Å². The Morgan fingerprint density at radius 1 is 1.24 bits per heavy atom. The van der Waals surface area contributed by atoms with E-state index in [1.54, 1.807) is 34.1 Å². The van der Waals surface area contributed by atoms with Crippen molar-refractivity contribution >= 4 is 38.8 Å². The molecule has 5 nitrogen and oxygen atoms in total. The molecule has 1 fully saturated rings. The van der Waals surface area contributed by atoms with Crippen molar-refractivity contribution in [2.24, 2.45) is 0 Å². The molecule has 0 unspecified atom stereocenters. The van der Waals surface area contributed by atoms with Crippen LogP contribution < -0.4 is 0 Å². The molecule has 1 atom stereocenters. The van der Waals surface area contributed by atoms with Gasteiger partial charge in [-0.2, -0.15) is 5.10 Å². The molecule has 1 amide bonds. The first-order valence-corrected chi connectivity index (χ1v) is 12.8. The third-order valence-electron chi connectivity index (χ3n) is 7.01. The molecule has 1 aliphatic carbocycles. The van der Waals surface area contributed by atoms with Gasteiger partial charge in [-0.15, -0.1) is 11.3 Å². The molecule has 4 heterocycles. The summed E-state index contributed by atoms with van der Waals surface area (Å²) in [5.41, 5.74) is 4.06. The summed E-state index contributed by atoms with van der Waals surface area (Å²) in [6.45, 7) is 4.94. The van der Waals surface area contributed by atoms with Gasteiger partial charge in [0.25, 0.3) is 5.91 Å². The Kier molecular flexibility index (Phi) is 4.75. The fraction of sp³-hybridized carbons (Fsp3) is 0.320. The second kappa shape index (κ2) is 7.46. The van der Waals surface area contributed by atoms with Crippen LogP contribution in [0.15, 0.2) is 46.3 Å². The molecular weight excluding hydrogens is 503 g/mol. The van der Waals surface area contributed by atoms with Crippen LogP contribution in [-0.4, -0.2) is 31.9 Å². The van der Waals surface area contributed by atoms with E-state index in [4.69, 9.17) is 10.1 Å². The molecule has 0 radical (unpaired) electrons. The number of nitrogens with zero attached hydrogens (tertiary/aromatic N) is 4. The Morgan fingerprint density at radius 2 is 2.06 bits per heavy atom. The molecule has 0 spiro atoms. The van der Waals surface area contributed by atoms with Crippen LogP contribution in [0.3, 0.4) is 0 Å². The summed E-state index contributed by atoms with van der Waals surface area (Å²) in [6.07, 6.45) is 2.93. The van der Waals surface area contributed by atoms with Gasteiger partial charge in [0.2, 0.25) is 0 Å². The van der Waals surface area contributed by atoms with Gasteiger partial charge in [0, 0.05) is 32.9 Å². The van der Waals surface area contributed by atoms with Gasteiger partial charge >= 0.3 is 0 Å². The largest absolute Gasteiger partial charge is 0.330 e. The Hall–Kier alpha value is -2.58. The number of hydrogen-bond acceptors (Lipinski definition) is 4. The van der Waals surface area contributed by atoms with Crippen molar-refractivity contribution in [3.8, 4) is 11.3 Å². The second-order valence-corrected chi connectivity index (χ2v) is 11.2. The van der Waals surface area contributed by atoms with Crippen LogP contribution in [0.1, 0.15) is 59.4 Å². The smallest absolute Gasteiger partial charge is 0.273 e. The Bertz CT molecular complexity index is 1420. The summed E-state index contributed by atoms with van der Waals surface area (Å²) in [5.74, 6) is -0.415. The predicted octanol–water partition coefficient (Wildman–Crippen LogP) is 6.17. The lowest BCUT2D eigenvalue weighted by Gasteiger charge is -2.33. The lowest BCUT2D eigenvalue weighted by atomic mass is 10.00. The van der Waals surface area contributed by atoms with E-state index in [1.807, 2.05) is 11.0 Å². The van der Waals surface area contributed by atoms with Gasteiger partial charge in [-0.3, -0.25) is 4.79 Å². The molecule has 4 aromatic rings. The van der Waals surface area contributed by atoms with Crippen LogP contribution in [0.2, 0.25) is 0 Å². The molecule has 8 heteroatoms. The molecule has 168 valence electrons. The van der Waals surface area contributed by atoms with Crippen molar-refractivity contribution in [2.75, 3.05) is 6.54 Å². The number of amides is 1. The zero-order valence-corrected chi connectivity index (χ0v) is 20.7. The van der Waals surface area contributed by atoms with Crippen molar-refractivity contribution in [3.05, 3.63) is 73.9 Å². The fourth-order valence-electron chi connectivity index (χ4n) is 4.72. The summed E-state index contributed by atoms with van der Waals surface area (Å²) in [5, 5.41) is 6.80. The Labute approximate surface area is 203 Å². The molecule has 1 saturated carbocycles. The molecule has 1 aromatic carbocycles. The zero-order valence-electron chi connectivity index (χ0n) is 18.3. The quantitative estimate of drug-likeness (QED) is 0.322. The minimum atomic E-state index is -0.350. The summed E-state index contributed by atoms with van der Waals surface area (Å²) >= 11 is 5.06. The van der Waals surface area contributed by atoms with Gasteiger partial charge in [-0.1, -0.05) is 22.9 Å². The number of thiophene rings is 1. The van der Waals surface area contributed by atoms with E-state index in [2.05, 4.69) is 41.2 Å². The summed E-state index contributed by atoms with van der Waals surface area (Å²) in [4.78, 5) is 21.6. The van der Waals surface area contributed by atoms with Crippen LogP contribution in [-0.2, 0) is 11.8 Å². The zero-order chi connectivity index (χ0) is 22.9. The molecule has 1 aliphatic heterocycles. The fourth-order valence-corrected chi connectivity index (χ4v) is 6.02. The molecule has 0 saturated heterocycles. The highest BCUT2D eigenvalue weighted by molar-refractivity contribution is 9.10. The summed E-state index contributed by atoms with van der Waals surface area (Å²) in [6, 6.07) is 10.7. The van der Waals surface area contributed by atoms with Crippen LogP contribution in [0, 0.1) is 5.82 Å². The molecule has 2 aliphatic rings. The normalized spacial score (nSPS) is 19.0. The number of carbonyl (C=O) groups is 1. The van der Waals surface area contributed by atoms with E-state index in [-0.39, 0.29) is 23.2 Å². The van der Waals surface area contributed by atoms with E-state index in [9.17, 15) is 9.18 Å². The minimum Gasteiger partial charge on any atom is -0.330 e. The van der Waals surface area contributed by atoms with E-state index in [0.717, 1.165) is 25.0 Å². The molecular formula is C25H22BrFN4OS. The maximum Gasteiger partial charge on any atom is 0.273 e. The predicted molar refractivity (Wildman–Crippen MR) is 130 cm³/mol. The Morgan fingerprint density at radius 3 is 2.82 bits per heavy atom. The number of halogens is 2. The number of aromatic nitrogens is 3. The van der Waals surface area contributed by atoms with Crippen molar-refractivity contribution < 1.29 is 9.18 Å². The van der Waals surface area contributed by atoms with Crippen molar-refractivity contribution in [2.45, 2.75) is 44.6 Å². The van der Waals surface area contributed by atoms with Crippen molar-refractivity contribution in [3.63, 3.8) is 0 Å². The molecule has 33 heavy (non-hydrogen) atoms. The Balaban J connectivity index is 1.45. The third kappa shape index (κ3) is 3.42. The SMILES string of the molecule is C[C@@H]1c2ccsc2CCN1C(=O)c1cc(C2(C)CC2)n2nc(-c3ccc(Br)cc3F)cc2n1. The van der Waals surface area contributed by atoms with Crippen molar-refractivity contribution in [1.29, 1.82) is 0 Å². The van der Waals surface area contributed by atoms with Gasteiger partial charge in [0.15, 0.2) is 5.65 Å². The maximum absolute atomic E-state index is 14.6. The average molecular weight is 525 g/mol. The van der Waals surface area contributed by atoms with Crippen LogP contribution in [0.25, 0.3) is 16.9 Å². The molecule has 0 N–H and O–H groups in total. The molecule has 6 rings (SSSR count). The average Bonchev–Trinajstić information content (AvgIpc) is 3.19. The van der Waals surface area contributed by atoms with Crippen LogP contribution >= 0.6 is 27.3 Å². The van der Waals surface area contributed by atoms with Gasteiger partial charge in [-0.05, 0) is 67.5 Å². The summed E-state index contributed by atoms with van der Waals surface area (Å²) < 4.78 is 17.1. The number of fused-ring (bicyclic) bond motifs is 2. The second-order valence-electron chi connectivity index (χ2n) is 9.23. The maximum atomic E-state index is 14.6. The summed E-state index contributed by atoms with van der Waals surface area (Å²) in [7, 11) is 0. The van der Waals surface area contributed by atoms with Crippen molar-refractivity contribution in [1.82, 2.24) is 19.5 Å². The van der Waals surface area contributed by atoms with Gasteiger partial charge in [0.1, 0.15) is 11.5 Å². The van der Waals surface area contributed by atoms with Crippen LogP contribution in [0.4, 0.5) is 4.39 Å². The van der Waals surface area contributed by atoms with E-state index in [1.165, 1.54) is 16.5 Å². The van der Waals surface area contributed by atoms with E-state index in [0.29, 0.717) is 33.6 Å². The highest BCUT2D eigenvalue weighted by atomic mass is 79.9. The molecule has 3 aromatic heterocycles. The number of carbonyl (C=O) groups excluding carboxylic acids is 1. The van der Waals surface area contributed by atoms with E-state index < -0.39 is 0 Å².